The van der Waals surface area contributed by atoms with Gasteiger partial charge in [-0.15, -0.1) is 0 Å². The number of carbonyl (C=O) groups excluding carboxylic acids is 1. The van der Waals surface area contributed by atoms with E-state index in [0.29, 0.717) is 12.0 Å². The fourth-order valence-electron chi connectivity index (χ4n) is 1.88. The van der Waals surface area contributed by atoms with Crippen LogP contribution in [0.1, 0.15) is 46.0 Å². The van der Waals surface area contributed by atoms with E-state index in [4.69, 9.17) is 4.74 Å². The molecule has 1 aliphatic carbocycles. The highest BCUT2D eigenvalue weighted by atomic mass is 19.3. The Kier molecular flexibility index (Phi) is 3.71. The Labute approximate surface area is 94.7 Å². The van der Waals surface area contributed by atoms with E-state index in [1.54, 1.807) is 6.92 Å². The number of hydrogen-bond donors (Lipinski definition) is 0. The molecule has 0 unspecified atom stereocenters. The maximum atomic E-state index is 13.0. The zero-order valence-electron chi connectivity index (χ0n) is 9.82. The van der Waals surface area contributed by atoms with E-state index in [9.17, 15) is 13.6 Å². The molecule has 1 saturated carbocycles. The van der Waals surface area contributed by atoms with Gasteiger partial charge in [0, 0.05) is 18.4 Å². The van der Waals surface area contributed by atoms with Crippen molar-refractivity contribution in [3.63, 3.8) is 0 Å². The molecular weight excluding hydrogens is 214 g/mol. The molecule has 0 aromatic rings. The molecule has 16 heavy (non-hydrogen) atoms. The molecule has 0 aromatic heterocycles. The first-order valence-corrected chi connectivity index (χ1v) is 5.57. The average Bonchev–Trinajstić information content (AvgIpc) is 2.21. The number of ether oxygens (including phenoxy) is 1. The molecular formula is C12H18F2O2. The summed E-state index contributed by atoms with van der Waals surface area (Å²) in [6.45, 7) is 6.91. The lowest BCUT2D eigenvalue weighted by molar-refractivity contribution is -0.169. The second-order valence-electron chi connectivity index (χ2n) is 4.56. The molecule has 0 atom stereocenters. The summed E-state index contributed by atoms with van der Waals surface area (Å²) in [4.78, 5) is 11.4. The van der Waals surface area contributed by atoms with E-state index in [-0.39, 0.29) is 25.7 Å². The van der Waals surface area contributed by atoms with Crippen LogP contribution in [0.25, 0.3) is 0 Å². The van der Waals surface area contributed by atoms with Gasteiger partial charge in [-0.2, -0.15) is 0 Å². The Morgan fingerprint density at radius 2 is 1.81 bits per heavy atom. The summed E-state index contributed by atoms with van der Waals surface area (Å²) < 4.78 is 31.4. The summed E-state index contributed by atoms with van der Waals surface area (Å²) in [7, 11) is 0. The van der Waals surface area contributed by atoms with Crippen molar-refractivity contribution in [2.75, 3.05) is 0 Å². The topological polar surface area (TPSA) is 26.3 Å². The van der Waals surface area contributed by atoms with Crippen LogP contribution >= 0.6 is 0 Å². The maximum absolute atomic E-state index is 13.0. The van der Waals surface area contributed by atoms with Crippen LogP contribution in [0.5, 0.6) is 0 Å². The minimum atomic E-state index is -2.60. The molecule has 1 fully saturated rings. The van der Waals surface area contributed by atoms with E-state index in [0.717, 1.165) is 0 Å². The smallest absolute Gasteiger partial charge is 0.333 e. The zero-order chi connectivity index (χ0) is 12.4. The van der Waals surface area contributed by atoms with Crippen molar-refractivity contribution < 1.29 is 18.3 Å². The largest absolute Gasteiger partial charge is 0.456 e. The minimum absolute atomic E-state index is 0.204. The maximum Gasteiger partial charge on any atom is 0.333 e. The molecule has 0 spiro atoms. The van der Waals surface area contributed by atoms with E-state index < -0.39 is 17.5 Å². The van der Waals surface area contributed by atoms with Crippen LogP contribution < -0.4 is 0 Å². The molecule has 0 amide bonds. The number of esters is 1. The Morgan fingerprint density at radius 3 is 2.19 bits per heavy atom. The van der Waals surface area contributed by atoms with Crippen molar-refractivity contribution >= 4 is 5.97 Å². The van der Waals surface area contributed by atoms with E-state index in [2.05, 4.69) is 6.58 Å². The molecule has 0 heterocycles. The molecule has 1 aliphatic rings. The predicted molar refractivity (Wildman–Crippen MR) is 57.3 cm³/mol. The minimum Gasteiger partial charge on any atom is -0.456 e. The molecule has 92 valence electrons. The van der Waals surface area contributed by atoms with Gasteiger partial charge < -0.3 is 4.74 Å². The second-order valence-corrected chi connectivity index (χ2v) is 4.56. The SMILES string of the molecule is C=C(C)C(=O)OC1(CC)CCC(F)(F)CC1. The van der Waals surface area contributed by atoms with Crippen molar-refractivity contribution in [1.29, 1.82) is 0 Å². The third-order valence-corrected chi connectivity index (χ3v) is 3.19. The number of rotatable bonds is 3. The van der Waals surface area contributed by atoms with Crippen LogP contribution in [0, 0.1) is 0 Å². The van der Waals surface area contributed by atoms with Crippen molar-refractivity contribution in [2.45, 2.75) is 57.5 Å². The molecule has 2 nitrogen and oxygen atoms in total. The predicted octanol–water partition coefficient (Wildman–Crippen LogP) is 3.46. The lowest BCUT2D eigenvalue weighted by Crippen LogP contribution is -2.42. The van der Waals surface area contributed by atoms with Crippen LogP contribution in [-0.2, 0) is 9.53 Å². The van der Waals surface area contributed by atoms with Gasteiger partial charge in [-0.1, -0.05) is 13.5 Å². The van der Waals surface area contributed by atoms with Crippen molar-refractivity contribution in [3.05, 3.63) is 12.2 Å². The zero-order valence-corrected chi connectivity index (χ0v) is 9.82. The van der Waals surface area contributed by atoms with Gasteiger partial charge in [0.25, 0.3) is 0 Å². The molecule has 4 heteroatoms. The third kappa shape index (κ3) is 3.03. The molecule has 0 N–H and O–H groups in total. The molecule has 0 aliphatic heterocycles. The average molecular weight is 232 g/mol. The first-order valence-electron chi connectivity index (χ1n) is 5.57. The summed E-state index contributed by atoms with van der Waals surface area (Å²) in [5.74, 6) is -3.08. The van der Waals surface area contributed by atoms with Gasteiger partial charge in [0.15, 0.2) is 0 Å². The standard InChI is InChI=1S/C12H18F2O2/c1-4-11(16-10(15)9(2)3)5-7-12(13,14)8-6-11/h2,4-8H2,1,3H3. The summed E-state index contributed by atoms with van der Waals surface area (Å²) in [6.07, 6.45) is 0.627. The Bertz CT molecular complexity index is 287. The molecule has 1 rings (SSSR count). The fourth-order valence-corrected chi connectivity index (χ4v) is 1.88. The van der Waals surface area contributed by atoms with Crippen LogP contribution in [-0.4, -0.2) is 17.5 Å². The van der Waals surface area contributed by atoms with Crippen molar-refractivity contribution in [1.82, 2.24) is 0 Å². The number of alkyl halides is 2. The number of carbonyl (C=O) groups is 1. The molecule has 0 aromatic carbocycles. The highest BCUT2D eigenvalue weighted by Gasteiger charge is 2.44. The first-order chi connectivity index (χ1) is 7.30. The van der Waals surface area contributed by atoms with Crippen LogP contribution in [0.2, 0.25) is 0 Å². The highest BCUT2D eigenvalue weighted by Crippen LogP contribution is 2.42. The second kappa shape index (κ2) is 4.52. The summed E-state index contributed by atoms with van der Waals surface area (Å²) in [5, 5.41) is 0. The van der Waals surface area contributed by atoms with E-state index in [1.807, 2.05) is 6.92 Å². The normalized spacial score (nSPS) is 22.5. The van der Waals surface area contributed by atoms with Crippen LogP contribution in [0.3, 0.4) is 0 Å². The Balaban J connectivity index is 2.66. The monoisotopic (exact) mass is 232 g/mol. The van der Waals surface area contributed by atoms with Gasteiger partial charge in [0.1, 0.15) is 5.60 Å². The van der Waals surface area contributed by atoms with Gasteiger partial charge in [0.05, 0.1) is 0 Å². The van der Waals surface area contributed by atoms with Gasteiger partial charge in [-0.25, -0.2) is 13.6 Å². The van der Waals surface area contributed by atoms with Crippen LogP contribution in [0.15, 0.2) is 12.2 Å². The fraction of sp³-hybridized carbons (Fsp3) is 0.750. The Morgan fingerprint density at radius 1 is 1.31 bits per heavy atom. The highest BCUT2D eigenvalue weighted by molar-refractivity contribution is 5.87. The number of halogens is 2. The van der Waals surface area contributed by atoms with Gasteiger partial charge in [-0.05, 0) is 26.2 Å². The molecule has 0 radical (unpaired) electrons. The molecule has 0 saturated heterocycles. The van der Waals surface area contributed by atoms with Crippen molar-refractivity contribution in [3.8, 4) is 0 Å². The number of hydrogen-bond acceptors (Lipinski definition) is 2. The summed E-state index contributed by atoms with van der Waals surface area (Å²) in [5.41, 5.74) is -0.400. The first kappa shape index (κ1) is 13.1. The van der Waals surface area contributed by atoms with Crippen molar-refractivity contribution in [2.24, 2.45) is 0 Å². The Hall–Kier alpha value is -0.930. The summed E-state index contributed by atoms with van der Waals surface area (Å²) in [6, 6.07) is 0. The quantitative estimate of drug-likeness (QED) is 0.550. The lowest BCUT2D eigenvalue weighted by atomic mass is 9.81. The van der Waals surface area contributed by atoms with E-state index >= 15 is 0 Å². The summed E-state index contributed by atoms with van der Waals surface area (Å²) >= 11 is 0. The third-order valence-electron chi connectivity index (χ3n) is 3.19. The van der Waals surface area contributed by atoms with Gasteiger partial charge in [0.2, 0.25) is 5.92 Å². The van der Waals surface area contributed by atoms with Crippen LogP contribution in [0.4, 0.5) is 8.78 Å². The van der Waals surface area contributed by atoms with Gasteiger partial charge in [-0.3, -0.25) is 0 Å². The van der Waals surface area contributed by atoms with Gasteiger partial charge >= 0.3 is 5.97 Å². The lowest BCUT2D eigenvalue weighted by Gasteiger charge is -2.38. The van der Waals surface area contributed by atoms with E-state index in [1.165, 1.54) is 0 Å². The molecule has 0 bridgehead atoms.